The minimum absolute atomic E-state index is 0.143. The topological polar surface area (TPSA) is 46.5 Å². The molecule has 0 amide bonds. The second kappa shape index (κ2) is 5.64. The number of hydrogen-bond acceptors (Lipinski definition) is 3. The molecule has 1 atom stereocenters. The summed E-state index contributed by atoms with van der Waals surface area (Å²) in [5, 5.41) is 9.83. The van der Waals surface area contributed by atoms with Crippen LogP contribution in [-0.2, 0) is 16.1 Å². The average molecular weight is 262 g/mol. The minimum Gasteiger partial charge on any atom is -0.508 e. The number of carbonyl (C=O) groups is 1. The molecule has 3 heteroatoms. The highest BCUT2D eigenvalue weighted by molar-refractivity contribution is 5.66. The van der Waals surface area contributed by atoms with Crippen molar-refractivity contribution in [1.82, 2.24) is 0 Å². The van der Waals surface area contributed by atoms with Gasteiger partial charge in [-0.05, 0) is 48.3 Å². The molecule has 1 fully saturated rings. The summed E-state index contributed by atoms with van der Waals surface area (Å²) < 4.78 is 4.98. The Labute approximate surface area is 114 Å². The monoisotopic (exact) mass is 262 g/mol. The van der Waals surface area contributed by atoms with Crippen molar-refractivity contribution in [2.24, 2.45) is 11.8 Å². The largest absolute Gasteiger partial charge is 0.508 e. The SMILES string of the molecule is CC(=O)OCc1cc(C(C(C)C)C2CC2)ccc1O. The molecule has 1 aromatic carbocycles. The van der Waals surface area contributed by atoms with E-state index in [0.29, 0.717) is 17.4 Å². The Balaban J connectivity index is 2.21. The third kappa shape index (κ3) is 3.49. The summed E-state index contributed by atoms with van der Waals surface area (Å²) in [6.45, 7) is 6.00. The molecule has 1 unspecified atom stereocenters. The number of aromatic hydroxyl groups is 1. The maximum atomic E-state index is 10.9. The van der Waals surface area contributed by atoms with E-state index in [1.165, 1.54) is 25.3 Å². The van der Waals surface area contributed by atoms with E-state index in [-0.39, 0.29) is 18.3 Å². The third-order valence-corrected chi connectivity index (χ3v) is 3.77. The third-order valence-electron chi connectivity index (χ3n) is 3.77. The quantitative estimate of drug-likeness (QED) is 0.825. The molecule has 0 bridgehead atoms. The van der Waals surface area contributed by atoms with E-state index in [1.54, 1.807) is 6.07 Å². The Morgan fingerprint density at radius 2 is 2.11 bits per heavy atom. The molecule has 0 saturated heterocycles. The summed E-state index contributed by atoms with van der Waals surface area (Å²) >= 11 is 0. The second-order valence-electron chi connectivity index (χ2n) is 5.78. The van der Waals surface area contributed by atoms with Gasteiger partial charge in [-0.2, -0.15) is 0 Å². The van der Waals surface area contributed by atoms with Crippen molar-refractivity contribution in [2.45, 2.75) is 46.1 Å². The number of ether oxygens (including phenoxy) is 1. The molecule has 1 saturated carbocycles. The summed E-state index contributed by atoms with van der Waals surface area (Å²) in [5.41, 5.74) is 1.94. The van der Waals surface area contributed by atoms with E-state index in [9.17, 15) is 9.90 Å². The lowest BCUT2D eigenvalue weighted by Crippen LogP contribution is -2.10. The van der Waals surface area contributed by atoms with Gasteiger partial charge in [-0.3, -0.25) is 4.79 Å². The molecule has 2 rings (SSSR count). The summed E-state index contributed by atoms with van der Waals surface area (Å²) in [6, 6.07) is 5.70. The molecule has 3 nitrogen and oxygen atoms in total. The number of phenolic OH excluding ortho intramolecular Hbond substituents is 1. The van der Waals surface area contributed by atoms with Gasteiger partial charge in [-0.15, -0.1) is 0 Å². The van der Waals surface area contributed by atoms with Crippen LogP contribution in [0, 0.1) is 11.8 Å². The van der Waals surface area contributed by atoms with Crippen LogP contribution in [0.2, 0.25) is 0 Å². The molecule has 0 spiro atoms. The van der Waals surface area contributed by atoms with Crippen LogP contribution in [0.4, 0.5) is 0 Å². The zero-order chi connectivity index (χ0) is 14.0. The molecule has 0 radical (unpaired) electrons. The number of hydrogen-bond donors (Lipinski definition) is 1. The first-order chi connectivity index (χ1) is 8.99. The van der Waals surface area contributed by atoms with Gasteiger partial charge >= 0.3 is 5.97 Å². The van der Waals surface area contributed by atoms with Gasteiger partial charge in [0.05, 0.1) is 0 Å². The summed E-state index contributed by atoms with van der Waals surface area (Å²) in [5.74, 6) is 1.76. The Kier molecular flexibility index (Phi) is 4.13. The lowest BCUT2D eigenvalue weighted by Gasteiger charge is -2.22. The number of carbonyl (C=O) groups excluding carboxylic acids is 1. The molecule has 0 aliphatic heterocycles. The van der Waals surface area contributed by atoms with Crippen molar-refractivity contribution in [3.63, 3.8) is 0 Å². The predicted octanol–water partition coefficient (Wildman–Crippen LogP) is 3.60. The zero-order valence-electron chi connectivity index (χ0n) is 11.8. The number of phenols is 1. The predicted molar refractivity (Wildman–Crippen MR) is 73.9 cm³/mol. The lowest BCUT2D eigenvalue weighted by molar-refractivity contribution is -0.142. The number of benzene rings is 1. The fourth-order valence-corrected chi connectivity index (χ4v) is 2.76. The van der Waals surface area contributed by atoms with Gasteiger partial charge in [-0.1, -0.05) is 19.9 Å². The highest BCUT2D eigenvalue weighted by Gasteiger charge is 2.34. The zero-order valence-corrected chi connectivity index (χ0v) is 11.8. The minimum atomic E-state index is -0.326. The van der Waals surface area contributed by atoms with Crippen molar-refractivity contribution in [2.75, 3.05) is 0 Å². The van der Waals surface area contributed by atoms with E-state index in [4.69, 9.17) is 4.74 Å². The van der Waals surface area contributed by atoms with E-state index in [1.807, 2.05) is 12.1 Å². The summed E-state index contributed by atoms with van der Waals surface area (Å²) in [4.78, 5) is 10.9. The molecule has 0 heterocycles. The Morgan fingerprint density at radius 1 is 1.42 bits per heavy atom. The molecule has 104 valence electrons. The standard InChI is InChI=1S/C16H22O3/c1-10(2)16(12-4-5-12)13-6-7-15(18)14(8-13)9-19-11(3)17/h6-8,10,12,16,18H,4-5,9H2,1-3H3. The van der Waals surface area contributed by atoms with Gasteiger partial charge in [0.15, 0.2) is 0 Å². The van der Waals surface area contributed by atoms with Crippen molar-refractivity contribution in [1.29, 1.82) is 0 Å². The lowest BCUT2D eigenvalue weighted by atomic mass is 9.84. The molecular formula is C16H22O3. The smallest absolute Gasteiger partial charge is 0.302 e. The maximum Gasteiger partial charge on any atom is 0.302 e. The van der Waals surface area contributed by atoms with Crippen LogP contribution in [-0.4, -0.2) is 11.1 Å². The van der Waals surface area contributed by atoms with Crippen molar-refractivity contribution >= 4 is 5.97 Å². The molecule has 1 N–H and O–H groups in total. The van der Waals surface area contributed by atoms with Crippen molar-refractivity contribution < 1.29 is 14.6 Å². The van der Waals surface area contributed by atoms with Gasteiger partial charge in [0.1, 0.15) is 12.4 Å². The molecule has 1 aliphatic rings. The van der Waals surface area contributed by atoms with Gasteiger partial charge < -0.3 is 9.84 Å². The maximum absolute atomic E-state index is 10.9. The van der Waals surface area contributed by atoms with Crippen LogP contribution < -0.4 is 0 Å². The first-order valence-electron chi connectivity index (χ1n) is 6.94. The van der Waals surface area contributed by atoms with Crippen LogP contribution in [0.1, 0.15) is 50.7 Å². The van der Waals surface area contributed by atoms with Gasteiger partial charge in [0, 0.05) is 12.5 Å². The fraction of sp³-hybridized carbons (Fsp3) is 0.562. The second-order valence-corrected chi connectivity index (χ2v) is 5.78. The van der Waals surface area contributed by atoms with E-state index < -0.39 is 0 Å². The normalized spacial score (nSPS) is 16.4. The molecular weight excluding hydrogens is 240 g/mol. The van der Waals surface area contributed by atoms with Crippen LogP contribution in [0.25, 0.3) is 0 Å². The summed E-state index contributed by atoms with van der Waals surface area (Å²) in [7, 11) is 0. The highest BCUT2D eigenvalue weighted by Crippen LogP contribution is 2.47. The molecule has 19 heavy (non-hydrogen) atoms. The Morgan fingerprint density at radius 3 is 2.63 bits per heavy atom. The van der Waals surface area contributed by atoms with Crippen molar-refractivity contribution in [3.8, 4) is 5.75 Å². The first kappa shape index (κ1) is 13.9. The van der Waals surface area contributed by atoms with Crippen LogP contribution in [0.5, 0.6) is 5.75 Å². The van der Waals surface area contributed by atoms with Gasteiger partial charge in [0.2, 0.25) is 0 Å². The van der Waals surface area contributed by atoms with Crippen LogP contribution >= 0.6 is 0 Å². The van der Waals surface area contributed by atoms with E-state index in [0.717, 1.165) is 5.92 Å². The molecule has 0 aromatic heterocycles. The average Bonchev–Trinajstić information content (AvgIpc) is 3.13. The highest BCUT2D eigenvalue weighted by atomic mass is 16.5. The molecule has 1 aromatic rings. The number of esters is 1. The number of rotatable bonds is 5. The van der Waals surface area contributed by atoms with Crippen LogP contribution in [0.15, 0.2) is 18.2 Å². The Bertz CT molecular complexity index is 459. The van der Waals surface area contributed by atoms with E-state index in [2.05, 4.69) is 13.8 Å². The first-order valence-corrected chi connectivity index (χ1v) is 6.94. The van der Waals surface area contributed by atoms with Gasteiger partial charge in [0.25, 0.3) is 0 Å². The van der Waals surface area contributed by atoms with Crippen molar-refractivity contribution in [3.05, 3.63) is 29.3 Å². The Hall–Kier alpha value is -1.51. The summed E-state index contributed by atoms with van der Waals surface area (Å²) in [6.07, 6.45) is 2.59. The van der Waals surface area contributed by atoms with Crippen LogP contribution in [0.3, 0.4) is 0 Å². The van der Waals surface area contributed by atoms with Gasteiger partial charge in [-0.25, -0.2) is 0 Å². The fourth-order valence-electron chi connectivity index (χ4n) is 2.76. The van der Waals surface area contributed by atoms with E-state index >= 15 is 0 Å². The molecule has 1 aliphatic carbocycles.